The summed E-state index contributed by atoms with van der Waals surface area (Å²) in [4.78, 5) is 7.44. The number of aromatic nitrogens is 2. The Labute approximate surface area is 91.7 Å². The number of hydrogen-bond donors (Lipinski definition) is 2. The summed E-state index contributed by atoms with van der Waals surface area (Å²) < 4.78 is 0. The van der Waals surface area contributed by atoms with E-state index >= 15 is 0 Å². The van der Waals surface area contributed by atoms with Gasteiger partial charge in [0.15, 0.2) is 0 Å². The van der Waals surface area contributed by atoms with E-state index in [-0.39, 0.29) is 0 Å². The summed E-state index contributed by atoms with van der Waals surface area (Å²) in [5.74, 6) is 1.88. The van der Waals surface area contributed by atoms with Crippen molar-refractivity contribution in [2.75, 3.05) is 0 Å². The van der Waals surface area contributed by atoms with Crippen LogP contribution in [0, 0.1) is 12.8 Å². The van der Waals surface area contributed by atoms with E-state index < -0.39 is 0 Å². The fraction of sp³-hybridized carbons (Fsp3) is 0.750. The molecule has 15 heavy (non-hydrogen) atoms. The molecule has 1 heterocycles. The van der Waals surface area contributed by atoms with Crippen molar-refractivity contribution in [2.45, 2.75) is 52.1 Å². The molecule has 0 bridgehead atoms. The molecule has 1 aliphatic rings. The van der Waals surface area contributed by atoms with Gasteiger partial charge in [-0.3, -0.25) is 0 Å². The molecule has 1 atom stereocenters. The first-order chi connectivity index (χ1) is 7.25. The second kappa shape index (κ2) is 4.79. The topological polar surface area (TPSA) is 40.7 Å². The van der Waals surface area contributed by atoms with Crippen LogP contribution >= 0.6 is 0 Å². The van der Waals surface area contributed by atoms with Crippen molar-refractivity contribution in [2.24, 2.45) is 5.92 Å². The summed E-state index contributed by atoms with van der Waals surface area (Å²) in [7, 11) is 0. The molecule has 1 aromatic heterocycles. The molecule has 2 rings (SSSR count). The Kier molecular flexibility index (Phi) is 3.41. The third-order valence-corrected chi connectivity index (χ3v) is 3.48. The van der Waals surface area contributed by atoms with Crippen LogP contribution in [0.1, 0.15) is 44.1 Å². The Bertz CT molecular complexity index is 300. The van der Waals surface area contributed by atoms with Gasteiger partial charge in [0.05, 0.1) is 0 Å². The lowest BCUT2D eigenvalue weighted by molar-refractivity contribution is 0.379. The second-order valence-corrected chi connectivity index (χ2v) is 4.71. The van der Waals surface area contributed by atoms with Gasteiger partial charge in [0, 0.05) is 24.5 Å². The predicted molar refractivity (Wildman–Crippen MR) is 61.6 cm³/mol. The van der Waals surface area contributed by atoms with Gasteiger partial charge < -0.3 is 10.3 Å². The van der Waals surface area contributed by atoms with Gasteiger partial charge in [0.2, 0.25) is 0 Å². The van der Waals surface area contributed by atoms with E-state index in [0.717, 1.165) is 18.3 Å². The SMILES string of the molecule is Cc1ncc(CNC(C)C2CCCC2)[nH]1. The molecule has 3 heteroatoms. The van der Waals surface area contributed by atoms with E-state index in [1.54, 1.807) is 0 Å². The lowest BCUT2D eigenvalue weighted by Gasteiger charge is -2.19. The molecule has 1 aromatic rings. The van der Waals surface area contributed by atoms with Crippen molar-refractivity contribution in [3.63, 3.8) is 0 Å². The highest BCUT2D eigenvalue weighted by Gasteiger charge is 2.20. The Balaban J connectivity index is 1.77. The van der Waals surface area contributed by atoms with Crippen LogP contribution in [0.5, 0.6) is 0 Å². The van der Waals surface area contributed by atoms with Crippen LogP contribution in [0.4, 0.5) is 0 Å². The predicted octanol–water partition coefficient (Wildman–Crippen LogP) is 2.39. The highest BCUT2D eigenvalue weighted by atomic mass is 15.0. The van der Waals surface area contributed by atoms with Crippen LogP contribution in [0.2, 0.25) is 0 Å². The lowest BCUT2D eigenvalue weighted by atomic mass is 10.00. The van der Waals surface area contributed by atoms with E-state index in [9.17, 15) is 0 Å². The second-order valence-electron chi connectivity index (χ2n) is 4.71. The Morgan fingerprint density at radius 2 is 2.27 bits per heavy atom. The summed E-state index contributed by atoms with van der Waals surface area (Å²) in [5, 5.41) is 3.58. The number of hydrogen-bond acceptors (Lipinski definition) is 2. The highest BCUT2D eigenvalue weighted by Crippen LogP contribution is 2.27. The first-order valence-corrected chi connectivity index (χ1v) is 5.99. The average molecular weight is 207 g/mol. The number of H-pyrrole nitrogens is 1. The number of nitrogens with zero attached hydrogens (tertiary/aromatic N) is 1. The van der Waals surface area contributed by atoms with Crippen molar-refractivity contribution in [3.05, 3.63) is 17.7 Å². The van der Waals surface area contributed by atoms with Crippen LogP contribution < -0.4 is 5.32 Å². The molecule has 1 fully saturated rings. The van der Waals surface area contributed by atoms with Gasteiger partial charge in [0.1, 0.15) is 5.82 Å². The Hall–Kier alpha value is -0.830. The minimum Gasteiger partial charge on any atom is -0.345 e. The van der Waals surface area contributed by atoms with E-state index in [4.69, 9.17) is 0 Å². The van der Waals surface area contributed by atoms with Crippen LogP contribution in [0.15, 0.2) is 6.20 Å². The van der Waals surface area contributed by atoms with Gasteiger partial charge in [-0.2, -0.15) is 0 Å². The molecule has 0 amide bonds. The molecule has 2 N–H and O–H groups in total. The fourth-order valence-electron chi connectivity index (χ4n) is 2.46. The fourth-order valence-corrected chi connectivity index (χ4v) is 2.46. The summed E-state index contributed by atoms with van der Waals surface area (Å²) >= 11 is 0. The van der Waals surface area contributed by atoms with Crippen molar-refractivity contribution < 1.29 is 0 Å². The molecule has 0 spiro atoms. The summed E-state index contributed by atoms with van der Waals surface area (Å²) in [6.07, 6.45) is 7.55. The third-order valence-electron chi connectivity index (χ3n) is 3.48. The molecule has 3 nitrogen and oxygen atoms in total. The summed E-state index contributed by atoms with van der Waals surface area (Å²) in [6.45, 7) is 5.21. The van der Waals surface area contributed by atoms with Gasteiger partial charge in [-0.1, -0.05) is 12.8 Å². The zero-order valence-corrected chi connectivity index (χ0v) is 9.71. The smallest absolute Gasteiger partial charge is 0.103 e. The molecule has 1 unspecified atom stereocenters. The zero-order chi connectivity index (χ0) is 10.7. The van der Waals surface area contributed by atoms with E-state index in [0.29, 0.717) is 6.04 Å². The van der Waals surface area contributed by atoms with Crippen LogP contribution in [-0.4, -0.2) is 16.0 Å². The molecule has 84 valence electrons. The number of imidazole rings is 1. The third kappa shape index (κ3) is 2.81. The van der Waals surface area contributed by atoms with Crippen LogP contribution in [0.3, 0.4) is 0 Å². The molecular weight excluding hydrogens is 186 g/mol. The monoisotopic (exact) mass is 207 g/mol. The van der Waals surface area contributed by atoms with E-state index in [1.165, 1.54) is 31.4 Å². The van der Waals surface area contributed by atoms with E-state index in [1.807, 2.05) is 13.1 Å². The maximum atomic E-state index is 4.20. The van der Waals surface area contributed by atoms with Crippen LogP contribution in [-0.2, 0) is 6.54 Å². The minimum absolute atomic E-state index is 0.635. The van der Waals surface area contributed by atoms with Crippen molar-refractivity contribution >= 4 is 0 Å². The largest absolute Gasteiger partial charge is 0.345 e. The molecule has 1 aliphatic carbocycles. The van der Waals surface area contributed by atoms with Crippen LogP contribution in [0.25, 0.3) is 0 Å². The molecule has 0 radical (unpaired) electrons. The van der Waals surface area contributed by atoms with Gasteiger partial charge in [-0.05, 0) is 32.6 Å². The first-order valence-electron chi connectivity index (χ1n) is 5.99. The van der Waals surface area contributed by atoms with E-state index in [2.05, 4.69) is 22.2 Å². The highest BCUT2D eigenvalue weighted by molar-refractivity contribution is 4.99. The number of rotatable bonds is 4. The molecule has 1 saturated carbocycles. The number of nitrogens with one attached hydrogen (secondary N) is 2. The molecule has 0 aromatic carbocycles. The number of aryl methyl sites for hydroxylation is 1. The van der Waals surface area contributed by atoms with Gasteiger partial charge in [-0.15, -0.1) is 0 Å². The molecule has 0 saturated heterocycles. The first kappa shape index (κ1) is 10.7. The van der Waals surface area contributed by atoms with Gasteiger partial charge in [0.25, 0.3) is 0 Å². The standard InChI is InChI=1S/C12H21N3/c1-9(11-5-3-4-6-11)13-7-12-8-14-10(2)15-12/h8-9,11,13H,3-7H2,1-2H3,(H,14,15). The van der Waals surface area contributed by atoms with Gasteiger partial charge in [-0.25, -0.2) is 4.98 Å². The van der Waals surface area contributed by atoms with Crippen molar-refractivity contribution in [1.82, 2.24) is 15.3 Å². The molecule has 0 aliphatic heterocycles. The zero-order valence-electron chi connectivity index (χ0n) is 9.71. The molecular formula is C12H21N3. The number of aromatic amines is 1. The minimum atomic E-state index is 0.635. The van der Waals surface area contributed by atoms with Crippen molar-refractivity contribution in [1.29, 1.82) is 0 Å². The lowest BCUT2D eigenvalue weighted by Crippen LogP contribution is -2.31. The quantitative estimate of drug-likeness (QED) is 0.796. The average Bonchev–Trinajstić information content (AvgIpc) is 2.84. The Morgan fingerprint density at radius 3 is 2.87 bits per heavy atom. The van der Waals surface area contributed by atoms with Gasteiger partial charge >= 0.3 is 0 Å². The maximum Gasteiger partial charge on any atom is 0.103 e. The van der Waals surface area contributed by atoms with Crippen molar-refractivity contribution in [3.8, 4) is 0 Å². The summed E-state index contributed by atoms with van der Waals surface area (Å²) in [5.41, 5.74) is 1.19. The summed E-state index contributed by atoms with van der Waals surface area (Å²) in [6, 6.07) is 0.635. The normalized spacial score (nSPS) is 19.6. The maximum absolute atomic E-state index is 4.20. The Morgan fingerprint density at radius 1 is 1.53 bits per heavy atom.